The first-order valence-electron chi connectivity index (χ1n) is 13.9. The maximum atomic E-state index is 13.2. The molecule has 0 aromatic heterocycles. The van der Waals surface area contributed by atoms with Crippen LogP contribution in [0.1, 0.15) is 115 Å². The van der Waals surface area contributed by atoms with Crippen LogP contribution in [0.2, 0.25) is 0 Å². The number of carbonyl (C=O) groups excluding carboxylic acids is 1. The quantitative estimate of drug-likeness (QED) is 0.422. The van der Waals surface area contributed by atoms with Gasteiger partial charge in [0, 0.05) is 0 Å². The van der Waals surface area contributed by atoms with E-state index in [9.17, 15) is 4.79 Å². The zero-order valence-electron chi connectivity index (χ0n) is 20.3. The second-order valence-corrected chi connectivity index (χ2v) is 11.9. The van der Waals surface area contributed by atoms with Crippen molar-refractivity contribution in [3.05, 3.63) is 35.9 Å². The Morgan fingerprint density at radius 2 is 1.38 bits per heavy atom. The van der Waals surface area contributed by atoms with Gasteiger partial charge in [-0.1, -0.05) is 62.9 Å². The highest BCUT2D eigenvalue weighted by atomic mass is 16.6. The Labute approximate surface area is 195 Å². The molecule has 5 aliphatic rings. The molecule has 0 N–H and O–H groups in total. The summed E-state index contributed by atoms with van der Waals surface area (Å²) < 4.78 is 6.37. The van der Waals surface area contributed by atoms with Gasteiger partial charge in [0.05, 0.1) is 5.92 Å². The van der Waals surface area contributed by atoms with E-state index in [1.165, 1.54) is 76.2 Å². The van der Waals surface area contributed by atoms with Crippen molar-refractivity contribution >= 4 is 5.97 Å². The molecule has 0 unspecified atom stereocenters. The minimum Gasteiger partial charge on any atom is -0.459 e. The van der Waals surface area contributed by atoms with E-state index in [0.717, 1.165) is 49.9 Å². The maximum absolute atomic E-state index is 13.2. The van der Waals surface area contributed by atoms with E-state index in [2.05, 4.69) is 37.3 Å². The van der Waals surface area contributed by atoms with Gasteiger partial charge in [-0.3, -0.25) is 4.79 Å². The van der Waals surface area contributed by atoms with E-state index in [-0.39, 0.29) is 17.5 Å². The Balaban J connectivity index is 1.09. The number of hydrogen-bond donors (Lipinski definition) is 0. The SMILES string of the molecule is CCCC1CCC(C2CCC(C(=O)OC34CCC(c5ccccc5)(CC3)CC4)CC2)CC1. The van der Waals surface area contributed by atoms with Crippen LogP contribution in [0.4, 0.5) is 0 Å². The average molecular weight is 437 g/mol. The zero-order chi connectivity index (χ0) is 22.0. The number of rotatable bonds is 6. The van der Waals surface area contributed by atoms with E-state index < -0.39 is 0 Å². The molecule has 2 nitrogen and oxygen atoms in total. The van der Waals surface area contributed by atoms with E-state index >= 15 is 0 Å². The second kappa shape index (κ2) is 9.51. The van der Waals surface area contributed by atoms with Crippen molar-refractivity contribution in [1.29, 1.82) is 0 Å². The first-order chi connectivity index (χ1) is 15.6. The minimum atomic E-state index is -0.151. The van der Waals surface area contributed by atoms with Crippen LogP contribution in [0.15, 0.2) is 30.3 Å². The number of ether oxygens (including phenoxy) is 1. The van der Waals surface area contributed by atoms with Crippen molar-refractivity contribution in [1.82, 2.24) is 0 Å². The standard InChI is InChI=1S/C30H44O2/c1-2-6-23-9-11-24(12-10-23)25-13-15-26(16-14-25)28(31)32-30-20-17-29(18-21-30,19-22-30)27-7-4-3-5-8-27/h3-5,7-8,23-26H,2,6,9-22H2,1H3. The van der Waals surface area contributed by atoms with Gasteiger partial charge in [-0.2, -0.15) is 0 Å². The molecule has 0 amide bonds. The summed E-state index contributed by atoms with van der Waals surface area (Å²) in [4.78, 5) is 13.2. The third-order valence-corrected chi connectivity index (χ3v) is 10.2. The van der Waals surface area contributed by atoms with Gasteiger partial charge >= 0.3 is 5.97 Å². The van der Waals surface area contributed by atoms with Gasteiger partial charge in [-0.05, 0) is 106 Å². The molecular formula is C30H44O2. The number of benzene rings is 1. The molecule has 1 aromatic carbocycles. The summed E-state index contributed by atoms with van der Waals surface area (Å²) in [6, 6.07) is 11.1. The highest BCUT2D eigenvalue weighted by Crippen LogP contribution is 2.55. The van der Waals surface area contributed by atoms with Crippen LogP contribution in [0.3, 0.4) is 0 Å². The fourth-order valence-electron chi connectivity index (χ4n) is 8.01. The van der Waals surface area contributed by atoms with Crippen LogP contribution in [0.5, 0.6) is 0 Å². The van der Waals surface area contributed by atoms with Crippen LogP contribution >= 0.6 is 0 Å². The molecule has 1 aromatic rings. The molecule has 0 heterocycles. The monoisotopic (exact) mass is 436 g/mol. The number of fused-ring (bicyclic) bond motifs is 3. The average Bonchev–Trinajstić information content (AvgIpc) is 2.86. The maximum Gasteiger partial charge on any atom is 0.309 e. The lowest BCUT2D eigenvalue weighted by Crippen LogP contribution is -2.51. The van der Waals surface area contributed by atoms with Crippen molar-refractivity contribution in [3.8, 4) is 0 Å². The summed E-state index contributed by atoms with van der Waals surface area (Å²) in [7, 11) is 0. The molecule has 32 heavy (non-hydrogen) atoms. The van der Waals surface area contributed by atoms with Gasteiger partial charge < -0.3 is 4.74 Å². The lowest BCUT2D eigenvalue weighted by molar-refractivity contribution is -0.179. The lowest BCUT2D eigenvalue weighted by Gasteiger charge is -2.53. The molecule has 0 aliphatic heterocycles. The van der Waals surface area contributed by atoms with E-state index in [1.807, 2.05) is 0 Å². The van der Waals surface area contributed by atoms with Crippen molar-refractivity contribution in [2.75, 3.05) is 0 Å². The largest absolute Gasteiger partial charge is 0.459 e. The van der Waals surface area contributed by atoms with Crippen molar-refractivity contribution in [3.63, 3.8) is 0 Å². The van der Waals surface area contributed by atoms with Gasteiger partial charge in [0.1, 0.15) is 5.60 Å². The zero-order valence-corrected chi connectivity index (χ0v) is 20.3. The van der Waals surface area contributed by atoms with Crippen LogP contribution in [0.25, 0.3) is 0 Å². The Kier molecular flexibility index (Phi) is 6.68. The Hall–Kier alpha value is -1.31. The summed E-state index contributed by atoms with van der Waals surface area (Å²) in [5.74, 6) is 3.11. The molecule has 176 valence electrons. The van der Waals surface area contributed by atoms with Gasteiger partial charge in [-0.25, -0.2) is 0 Å². The smallest absolute Gasteiger partial charge is 0.309 e. The fourth-order valence-corrected chi connectivity index (χ4v) is 8.01. The van der Waals surface area contributed by atoms with Gasteiger partial charge in [0.25, 0.3) is 0 Å². The summed E-state index contributed by atoms with van der Waals surface area (Å²) in [5.41, 5.74) is 1.69. The van der Waals surface area contributed by atoms with Gasteiger partial charge in [0.2, 0.25) is 0 Å². The highest BCUT2D eigenvalue weighted by Gasteiger charge is 2.52. The summed E-state index contributed by atoms with van der Waals surface area (Å²) >= 11 is 0. The minimum absolute atomic E-state index is 0.143. The molecule has 5 aliphatic carbocycles. The fraction of sp³-hybridized carbons (Fsp3) is 0.767. The Morgan fingerprint density at radius 3 is 1.94 bits per heavy atom. The molecule has 0 radical (unpaired) electrons. The molecule has 0 spiro atoms. The van der Waals surface area contributed by atoms with E-state index in [0.29, 0.717) is 5.41 Å². The number of carbonyl (C=O) groups is 1. The van der Waals surface area contributed by atoms with Crippen LogP contribution < -0.4 is 0 Å². The molecule has 2 heteroatoms. The normalized spacial score (nSPS) is 39.5. The molecule has 0 atom stereocenters. The summed E-state index contributed by atoms with van der Waals surface area (Å²) in [6.07, 6.45) is 19.9. The van der Waals surface area contributed by atoms with Gasteiger partial charge in [0.15, 0.2) is 0 Å². The third kappa shape index (κ3) is 4.53. The van der Waals surface area contributed by atoms with Crippen LogP contribution in [0, 0.1) is 23.7 Å². The van der Waals surface area contributed by atoms with Crippen LogP contribution in [-0.2, 0) is 14.9 Å². The van der Waals surface area contributed by atoms with Gasteiger partial charge in [-0.15, -0.1) is 0 Å². The van der Waals surface area contributed by atoms with E-state index in [4.69, 9.17) is 4.74 Å². The molecular weight excluding hydrogens is 392 g/mol. The predicted octanol–water partition coefficient (Wildman–Crippen LogP) is 7.99. The van der Waals surface area contributed by atoms with Crippen molar-refractivity contribution in [2.24, 2.45) is 23.7 Å². The summed E-state index contributed by atoms with van der Waals surface area (Å²) in [6.45, 7) is 2.33. The molecule has 5 saturated carbocycles. The first-order valence-corrected chi connectivity index (χ1v) is 13.9. The van der Waals surface area contributed by atoms with Crippen LogP contribution in [-0.4, -0.2) is 11.6 Å². The highest BCUT2D eigenvalue weighted by molar-refractivity contribution is 5.73. The van der Waals surface area contributed by atoms with Crippen molar-refractivity contribution < 1.29 is 9.53 Å². The number of esters is 1. The van der Waals surface area contributed by atoms with Crippen molar-refractivity contribution in [2.45, 2.75) is 121 Å². The molecule has 2 bridgehead atoms. The topological polar surface area (TPSA) is 26.3 Å². The molecule has 6 rings (SSSR count). The Morgan fingerprint density at radius 1 is 0.812 bits per heavy atom. The lowest BCUT2D eigenvalue weighted by atomic mass is 9.56. The Bertz CT molecular complexity index is 728. The first kappa shape index (κ1) is 22.5. The van der Waals surface area contributed by atoms with E-state index in [1.54, 1.807) is 0 Å². The third-order valence-electron chi connectivity index (χ3n) is 10.2. The summed E-state index contributed by atoms with van der Waals surface area (Å²) in [5, 5.41) is 0. The molecule has 0 saturated heterocycles. The second-order valence-electron chi connectivity index (χ2n) is 11.9. The number of hydrogen-bond acceptors (Lipinski definition) is 2. The predicted molar refractivity (Wildman–Crippen MR) is 130 cm³/mol. The molecule has 5 fully saturated rings.